The van der Waals surface area contributed by atoms with Gasteiger partial charge in [0.25, 0.3) is 0 Å². The predicted octanol–water partition coefficient (Wildman–Crippen LogP) is 3.54. The van der Waals surface area contributed by atoms with E-state index in [4.69, 9.17) is 22.2 Å². The first-order valence-electron chi connectivity index (χ1n) is 6.60. The molecule has 0 saturated carbocycles. The standard InChI is InChI=1S/C16H18ClFN2O/c1-10-6-7-11(12(17)8-10)9-14(20-19)16-13(18)4-3-5-15(16)21-2/h3-8,14,20H,9,19H2,1-2H3. The molecular formula is C16H18ClFN2O. The van der Waals surface area contributed by atoms with E-state index in [1.54, 1.807) is 12.1 Å². The molecule has 3 N–H and O–H groups in total. The van der Waals surface area contributed by atoms with Gasteiger partial charge in [0.2, 0.25) is 0 Å². The number of hydrogen-bond donors (Lipinski definition) is 2. The van der Waals surface area contributed by atoms with Gasteiger partial charge in [-0.15, -0.1) is 0 Å². The van der Waals surface area contributed by atoms with Crippen LogP contribution in [0.3, 0.4) is 0 Å². The normalized spacial score (nSPS) is 12.2. The van der Waals surface area contributed by atoms with Crippen molar-refractivity contribution in [2.45, 2.75) is 19.4 Å². The lowest BCUT2D eigenvalue weighted by Gasteiger charge is -2.20. The van der Waals surface area contributed by atoms with Crippen LogP contribution in [0.5, 0.6) is 5.75 Å². The topological polar surface area (TPSA) is 47.3 Å². The second-order valence-corrected chi connectivity index (χ2v) is 5.28. The van der Waals surface area contributed by atoms with E-state index < -0.39 is 6.04 Å². The van der Waals surface area contributed by atoms with Crippen LogP contribution in [0.1, 0.15) is 22.7 Å². The maximum absolute atomic E-state index is 14.1. The maximum Gasteiger partial charge on any atom is 0.131 e. The highest BCUT2D eigenvalue weighted by molar-refractivity contribution is 6.31. The van der Waals surface area contributed by atoms with Gasteiger partial charge in [-0.2, -0.15) is 0 Å². The lowest BCUT2D eigenvalue weighted by molar-refractivity contribution is 0.390. The summed E-state index contributed by atoms with van der Waals surface area (Å²) >= 11 is 6.24. The quantitative estimate of drug-likeness (QED) is 0.656. The van der Waals surface area contributed by atoms with Gasteiger partial charge in [-0.3, -0.25) is 11.3 Å². The predicted molar refractivity (Wildman–Crippen MR) is 82.9 cm³/mol. The molecule has 0 bridgehead atoms. The van der Waals surface area contributed by atoms with Crippen LogP contribution in [-0.2, 0) is 6.42 Å². The Balaban J connectivity index is 2.36. The molecule has 0 radical (unpaired) electrons. The van der Waals surface area contributed by atoms with Crippen LogP contribution in [-0.4, -0.2) is 7.11 Å². The molecule has 1 atom stereocenters. The zero-order valence-corrected chi connectivity index (χ0v) is 12.7. The monoisotopic (exact) mass is 308 g/mol. The summed E-state index contributed by atoms with van der Waals surface area (Å²) in [6.45, 7) is 1.97. The molecule has 5 heteroatoms. The summed E-state index contributed by atoms with van der Waals surface area (Å²) in [5.74, 6) is 5.71. The Kier molecular flexibility index (Phi) is 5.17. The average molecular weight is 309 g/mol. The van der Waals surface area contributed by atoms with E-state index in [1.807, 2.05) is 25.1 Å². The molecule has 0 aliphatic rings. The van der Waals surface area contributed by atoms with Gasteiger partial charge >= 0.3 is 0 Å². The second-order valence-electron chi connectivity index (χ2n) is 4.87. The molecule has 0 spiro atoms. The van der Waals surface area contributed by atoms with Gasteiger partial charge in [-0.05, 0) is 42.7 Å². The second kappa shape index (κ2) is 6.89. The fourth-order valence-electron chi connectivity index (χ4n) is 2.32. The summed E-state index contributed by atoms with van der Waals surface area (Å²) in [5, 5.41) is 0.644. The van der Waals surface area contributed by atoms with Crippen LogP contribution in [0.2, 0.25) is 5.02 Å². The zero-order chi connectivity index (χ0) is 15.4. The first-order valence-corrected chi connectivity index (χ1v) is 6.98. The van der Waals surface area contributed by atoms with Gasteiger partial charge in [0, 0.05) is 10.6 Å². The third-order valence-electron chi connectivity index (χ3n) is 3.42. The van der Waals surface area contributed by atoms with Crippen LogP contribution in [0.25, 0.3) is 0 Å². The third-order valence-corrected chi connectivity index (χ3v) is 3.77. The minimum Gasteiger partial charge on any atom is -0.496 e. The molecule has 0 fully saturated rings. The number of methoxy groups -OCH3 is 1. The van der Waals surface area contributed by atoms with Crippen LogP contribution in [0.4, 0.5) is 4.39 Å². The molecule has 1 unspecified atom stereocenters. The molecule has 3 nitrogen and oxygen atoms in total. The third kappa shape index (κ3) is 3.53. The Morgan fingerprint density at radius 1 is 1.33 bits per heavy atom. The fraction of sp³-hybridized carbons (Fsp3) is 0.250. The van der Waals surface area contributed by atoms with Crippen LogP contribution in [0, 0.1) is 12.7 Å². The first kappa shape index (κ1) is 15.8. The number of hydrazine groups is 1. The highest BCUT2D eigenvalue weighted by Crippen LogP contribution is 2.31. The van der Waals surface area contributed by atoms with E-state index in [2.05, 4.69) is 5.43 Å². The number of nitrogens with one attached hydrogen (secondary N) is 1. The Morgan fingerprint density at radius 3 is 2.71 bits per heavy atom. The molecule has 0 aliphatic carbocycles. The van der Waals surface area contributed by atoms with Crippen molar-refractivity contribution < 1.29 is 9.13 Å². The molecule has 0 saturated heterocycles. The van der Waals surface area contributed by atoms with Crippen LogP contribution >= 0.6 is 11.6 Å². The fourth-order valence-corrected chi connectivity index (χ4v) is 2.63. The van der Waals surface area contributed by atoms with Crippen molar-refractivity contribution in [2.75, 3.05) is 7.11 Å². The number of benzene rings is 2. The molecule has 2 aromatic carbocycles. The SMILES string of the molecule is COc1cccc(F)c1C(Cc1ccc(C)cc1Cl)NN. The number of halogens is 2. The number of nitrogens with two attached hydrogens (primary N) is 1. The first-order chi connectivity index (χ1) is 10.1. The molecule has 0 aliphatic heterocycles. The van der Waals surface area contributed by atoms with Gasteiger partial charge in [0.15, 0.2) is 0 Å². The lowest BCUT2D eigenvalue weighted by atomic mass is 9.97. The summed E-state index contributed by atoms with van der Waals surface area (Å²) in [4.78, 5) is 0. The molecule has 112 valence electrons. The lowest BCUT2D eigenvalue weighted by Crippen LogP contribution is -2.30. The van der Waals surface area contributed by atoms with E-state index in [0.29, 0.717) is 22.8 Å². The smallest absolute Gasteiger partial charge is 0.131 e. The van der Waals surface area contributed by atoms with Gasteiger partial charge in [0.1, 0.15) is 11.6 Å². The molecule has 2 aromatic rings. The summed E-state index contributed by atoms with van der Waals surface area (Å²) < 4.78 is 19.4. The number of rotatable bonds is 5. The number of aryl methyl sites for hydroxylation is 1. The van der Waals surface area contributed by atoms with E-state index in [-0.39, 0.29) is 5.82 Å². The summed E-state index contributed by atoms with van der Waals surface area (Å²) in [7, 11) is 1.50. The minimum atomic E-state index is -0.429. The maximum atomic E-state index is 14.1. The molecule has 21 heavy (non-hydrogen) atoms. The molecule has 0 heterocycles. The summed E-state index contributed by atoms with van der Waals surface area (Å²) in [6.07, 6.45) is 0.465. The van der Waals surface area contributed by atoms with Crippen molar-refractivity contribution in [1.82, 2.24) is 5.43 Å². The van der Waals surface area contributed by atoms with Crippen molar-refractivity contribution in [3.8, 4) is 5.75 Å². The van der Waals surface area contributed by atoms with Crippen LogP contribution < -0.4 is 16.0 Å². The summed E-state index contributed by atoms with van der Waals surface area (Å²) in [6, 6.07) is 10.0. The average Bonchev–Trinajstić information content (AvgIpc) is 2.47. The Hall–Kier alpha value is -1.62. The number of hydrogen-bond acceptors (Lipinski definition) is 3. The van der Waals surface area contributed by atoms with E-state index in [0.717, 1.165) is 11.1 Å². The van der Waals surface area contributed by atoms with E-state index >= 15 is 0 Å². The van der Waals surface area contributed by atoms with E-state index in [9.17, 15) is 4.39 Å². The van der Waals surface area contributed by atoms with Crippen molar-refractivity contribution in [3.63, 3.8) is 0 Å². The minimum absolute atomic E-state index is 0.361. The van der Waals surface area contributed by atoms with E-state index in [1.165, 1.54) is 13.2 Å². The molecule has 0 amide bonds. The van der Waals surface area contributed by atoms with Crippen molar-refractivity contribution in [3.05, 3.63) is 63.9 Å². The van der Waals surface area contributed by atoms with Crippen molar-refractivity contribution in [2.24, 2.45) is 5.84 Å². The molecule has 0 aromatic heterocycles. The van der Waals surface area contributed by atoms with Crippen LogP contribution in [0.15, 0.2) is 36.4 Å². The summed E-state index contributed by atoms with van der Waals surface area (Å²) in [5.41, 5.74) is 5.02. The van der Waals surface area contributed by atoms with Gasteiger partial charge < -0.3 is 4.74 Å². The molecular weight excluding hydrogens is 291 g/mol. The highest BCUT2D eigenvalue weighted by Gasteiger charge is 2.20. The highest BCUT2D eigenvalue weighted by atomic mass is 35.5. The Morgan fingerprint density at radius 2 is 2.10 bits per heavy atom. The van der Waals surface area contributed by atoms with Gasteiger partial charge in [-0.25, -0.2) is 4.39 Å². The number of ether oxygens (including phenoxy) is 1. The Labute approximate surface area is 128 Å². The molecule has 2 rings (SSSR count). The Bertz CT molecular complexity index is 634. The van der Waals surface area contributed by atoms with Crippen molar-refractivity contribution in [1.29, 1.82) is 0 Å². The zero-order valence-electron chi connectivity index (χ0n) is 12.0. The largest absolute Gasteiger partial charge is 0.496 e. The van der Waals surface area contributed by atoms with Gasteiger partial charge in [0.05, 0.1) is 13.2 Å². The van der Waals surface area contributed by atoms with Gasteiger partial charge in [-0.1, -0.05) is 29.8 Å². The van der Waals surface area contributed by atoms with Crippen molar-refractivity contribution >= 4 is 11.6 Å².